The van der Waals surface area contributed by atoms with Gasteiger partial charge in [0, 0.05) is 37.1 Å². The number of likely N-dealkylation sites (tertiary alicyclic amines) is 1. The summed E-state index contributed by atoms with van der Waals surface area (Å²) in [4.78, 5) is 17.4. The molecule has 2 aliphatic heterocycles. The lowest BCUT2D eigenvalue weighted by Gasteiger charge is -2.35. The van der Waals surface area contributed by atoms with E-state index in [0.29, 0.717) is 0 Å². The number of carbonyl (C=O) groups is 1. The zero-order chi connectivity index (χ0) is 16.4. The molecule has 0 aliphatic carbocycles. The second kappa shape index (κ2) is 6.67. The molecular weight excluding hydrogens is 300 g/mol. The van der Waals surface area contributed by atoms with Crippen LogP contribution in [-0.2, 0) is 0 Å². The Morgan fingerprint density at radius 2 is 1.75 bits per heavy atom. The van der Waals surface area contributed by atoms with E-state index < -0.39 is 0 Å². The third-order valence-electron chi connectivity index (χ3n) is 5.23. The van der Waals surface area contributed by atoms with E-state index in [1.54, 1.807) is 6.20 Å². The first kappa shape index (κ1) is 15.2. The maximum atomic E-state index is 13.0. The lowest BCUT2D eigenvalue weighted by molar-refractivity contribution is 0.0606. The van der Waals surface area contributed by atoms with Crippen molar-refractivity contribution in [2.75, 3.05) is 24.5 Å². The van der Waals surface area contributed by atoms with E-state index in [1.165, 1.54) is 18.5 Å². The molecule has 0 saturated carbocycles. The van der Waals surface area contributed by atoms with Gasteiger partial charge in [0.2, 0.25) is 0 Å². The molecule has 5 heteroatoms. The van der Waals surface area contributed by atoms with Crippen LogP contribution in [0.4, 0.5) is 5.69 Å². The summed E-state index contributed by atoms with van der Waals surface area (Å²) in [7, 11) is 0. The number of piperidine rings is 1. The van der Waals surface area contributed by atoms with Crippen molar-refractivity contribution in [2.24, 2.45) is 0 Å². The van der Waals surface area contributed by atoms with E-state index in [2.05, 4.69) is 27.2 Å². The van der Waals surface area contributed by atoms with Gasteiger partial charge in [0.1, 0.15) is 0 Å². The van der Waals surface area contributed by atoms with Crippen molar-refractivity contribution in [1.29, 1.82) is 0 Å². The molecule has 5 nitrogen and oxygen atoms in total. The molecule has 3 heterocycles. The minimum atomic E-state index is 0.118. The summed E-state index contributed by atoms with van der Waals surface area (Å²) in [6, 6.07) is 10.2. The molecule has 126 valence electrons. The number of hydrogen-bond acceptors (Lipinski definition) is 3. The van der Waals surface area contributed by atoms with Crippen molar-refractivity contribution in [3.63, 3.8) is 0 Å². The van der Waals surface area contributed by atoms with Gasteiger partial charge in [-0.25, -0.2) is 0 Å². The molecule has 2 fully saturated rings. The van der Waals surface area contributed by atoms with Gasteiger partial charge in [-0.2, -0.15) is 5.10 Å². The molecule has 0 bridgehead atoms. The standard InChI is InChI=1S/C19H24N4O/c24-19(15-6-8-16(9-7-15)22-12-3-4-13-22)23-14-2-1-5-18(23)17-10-11-20-21-17/h6-11,18H,1-5,12-14H2,(H,20,21)/t18-/m1/s1. The van der Waals surface area contributed by atoms with Crippen LogP contribution < -0.4 is 4.90 Å². The first-order chi connectivity index (χ1) is 11.8. The van der Waals surface area contributed by atoms with Crippen LogP contribution in [0.1, 0.15) is 54.2 Å². The van der Waals surface area contributed by atoms with E-state index in [4.69, 9.17) is 0 Å². The van der Waals surface area contributed by atoms with Gasteiger partial charge in [0.05, 0.1) is 11.7 Å². The van der Waals surface area contributed by atoms with Crippen LogP contribution in [0, 0.1) is 0 Å². The number of rotatable bonds is 3. The Kier molecular flexibility index (Phi) is 4.24. The molecule has 0 spiro atoms. The highest BCUT2D eigenvalue weighted by atomic mass is 16.2. The van der Waals surface area contributed by atoms with Crippen molar-refractivity contribution in [3.05, 3.63) is 47.8 Å². The van der Waals surface area contributed by atoms with E-state index in [9.17, 15) is 4.79 Å². The summed E-state index contributed by atoms with van der Waals surface area (Å²) in [5.41, 5.74) is 3.05. The molecule has 24 heavy (non-hydrogen) atoms. The average molecular weight is 324 g/mol. The van der Waals surface area contributed by atoms with Crippen LogP contribution in [0.2, 0.25) is 0 Å². The van der Waals surface area contributed by atoms with Crippen LogP contribution in [0.25, 0.3) is 0 Å². The van der Waals surface area contributed by atoms with Crippen LogP contribution in [0.5, 0.6) is 0 Å². The maximum absolute atomic E-state index is 13.0. The number of aromatic amines is 1. The Hall–Kier alpha value is -2.30. The van der Waals surface area contributed by atoms with Gasteiger partial charge in [-0.1, -0.05) is 0 Å². The van der Waals surface area contributed by atoms with Gasteiger partial charge in [0.15, 0.2) is 0 Å². The minimum Gasteiger partial charge on any atom is -0.372 e. The molecule has 1 N–H and O–H groups in total. The lowest BCUT2D eigenvalue weighted by Crippen LogP contribution is -2.38. The zero-order valence-corrected chi connectivity index (χ0v) is 13.9. The van der Waals surface area contributed by atoms with E-state index >= 15 is 0 Å². The molecule has 4 rings (SSSR count). The molecule has 0 radical (unpaired) electrons. The van der Waals surface area contributed by atoms with Crippen LogP contribution in [0.15, 0.2) is 36.5 Å². The molecule has 1 aromatic carbocycles. The fourth-order valence-electron chi connectivity index (χ4n) is 3.91. The first-order valence-corrected chi connectivity index (χ1v) is 8.98. The lowest BCUT2D eigenvalue weighted by atomic mass is 9.98. The summed E-state index contributed by atoms with van der Waals surface area (Å²) in [6.45, 7) is 3.07. The predicted octanol–water partition coefficient (Wildman–Crippen LogP) is 3.38. The molecule has 1 atom stereocenters. The number of benzene rings is 1. The molecule has 2 aliphatic rings. The van der Waals surface area contributed by atoms with E-state index in [0.717, 1.165) is 50.2 Å². The molecular formula is C19H24N4O. The summed E-state index contributed by atoms with van der Waals surface area (Å²) in [5.74, 6) is 0.127. The first-order valence-electron chi connectivity index (χ1n) is 8.98. The second-order valence-electron chi connectivity index (χ2n) is 6.76. The number of nitrogens with one attached hydrogen (secondary N) is 1. The Bertz CT molecular complexity index is 674. The highest BCUT2D eigenvalue weighted by Gasteiger charge is 2.29. The third-order valence-corrected chi connectivity index (χ3v) is 5.23. The van der Waals surface area contributed by atoms with Gasteiger partial charge >= 0.3 is 0 Å². The number of anilines is 1. The van der Waals surface area contributed by atoms with Crippen molar-refractivity contribution < 1.29 is 4.79 Å². The smallest absolute Gasteiger partial charge is 0.254 e. The van der Waals surface area contributed by atoms with Gasteiger partial charge in [-0.15, -0.1) is 0 Å². The molecule has 2 saturated heterocycles. The number of amides is 1. The van der Waals surface area contributed by atoms with Crippen molar-refractivity contribution >= 4 is 11.6 Å². The van der Waals surface area contributed by atoms with E-state index in [1.807, 2.05) is 23.1 Å². The van der Waals surface area contributed by atoms with Gasteiger partial charge in [0.25, 0.3) is 5.91 Å². The summed E-state index contributed by atoms with van der Waals surface area (Å²) >= 11 is 0. The Morgan fingerprint density at radius 1 is 1.00 bits per heavy atom. The largest absolute Gasteiger partial charge is 0.372 e. The third kappa shape index (κ3) is 2.90. The SMILES string of the molecule is O=C(c1ccc(N2CCCC2)cc1)N1CCCC[C@@H]1c1ccn[nH]1. The number of H-pyrrole nitrogens is 1. The van der Waals surface area contributed by atoms with Gasteiger partial charge in [-0.3, -0.25) is 9.89 Å². The fraction of sp³-hybridized carbons (Fsp3) is 0.474. The fourth-order valence-corrected chi connectivity index (χ4v) is 3.91. The van der Waals surface area contributed by atoms with Gasteiger partial charge in [-0.05, 0) is 62.4 Å². The highest BCUT2D eigenvalue weighted by Crippen LogP contribution is 2.31. The molecule has 1 amide bonds. The molecule has 2 aromatic rings. The Labute approximate surface area is 142 Å². The minimum absolute atomic E-state index is 0.118. The number of hydrogen-bond donors (Lipinski definition) is 1. The average Bonchev–Trinajstić information content (AvgIpc) is 3.35. The van der Waals surface area contributed by atoms with Crippen molar-refractivity contribution in [1.82, 2.24) is 15.1 Å². The van der Waals surface area contributed by atoms with Crippen molar-refractivity contribution in [3.8, 4) is 0 Å². The second-order valence-corrected chi connectivity index (χ2v) is 6.76. The van der Waals surface area contributed by atoms with Crippen LogP contribution >= 0.6 is 0 Å². The summed E-state index contributed by atoms with van der Waals surface area (Å²) in [6.07, 6.45) is 7.52. The number of aromatic nitrogens is 2. The number of carbonyl (C=O) groups excluding carboxylic acids is 1. The van der Waals surface area contributed by atoms with Gasteiger partial charge < -0.3 is 9.80 Å². The summed E-state index contributed by atoms with van der Waals surface area (Å²) < 4.78 is 0. The van der Waals surface area contributed by atoms with Crippen LogP contribution in [-0.4, -0.2) is 40.6 Å². The normalized spacial score (nSPS) is 21.2. The zero-order valence-electron chi connectivity index (χ0n) is 13.9. The Morgan fingerprint density at radius 3 is 2.46 bits per heavy atom. The number of nitrogens with zero attached hydrogens (tertiary/aromatic N) is 3. The quantitative estimate of drug-likeness (QED) is 0.942. The predicted molar refractivity (Wildman–Crippen MR) is 94.1 cm³/mol. The highest BCUT2D eigenvalue weighted by molar-refractivity contribution is 5.95. The molecule has 0 unspecified atom stereocenters. The van der Waals surface area contributed by atoms with Crippen molar-refractivity contribution in [2.45, 2.75) is 38.1 Å². The Balaban J connectivity index is 1.53. The van der Waals surface area contributed by atoms with Crippen LogP contribution in [0.3, 0.4) is 0 Å². The van der Waals surface area contributed by atoms with E-state index in [-0.39, 0.29) is 11.9 Å². The molecule has 1 aromatic heterocycles. The maximum Gasteiger partial charge on any atom is 0.254 e. The summed E-state index contributed by atoms with van der Waals surface area (Å²) in [5, 5.41) is 7.09. The topological polar surface area (TPSA) is 52.2 Å². The monoisotopic (exact) mass is 324 g/mol.